The number of aliphatic carboxylic acids is 1. The van der Waals surface area contributed by atoms with E-state index >= 15 is 0 Å². The van der Waals surface area contributed by atoms with Gasteiger partial charge in [0.2, 0.25) is 5.91 Å². The molecule has 4 rings (SSSR count). The number of hydrogen-bond donors (Lipinski definition) is 3. The fraction of sp³-hybridized carbons (Fsp3) is 0.200. The van der Waals surface area contributed by atoms with Gasteiger partial charge in [-0.25, -0.2) is 4.79 Å². The number of hydrogen-bond acceptors (Lipinski definition) is 5. The summed E-state index contributed by atoms with van der Waals surface area (Å²) in [7, 11) is 0. The van der Waals surface area contributed by atoms with Crippen LogP contribution in [0.5, 0.6) is 0 Å². The molecule has 2 aromatic carbocycles. The summed E-state index contributed by atoms with van der Waals surface area (Å²) in [6.45, 7) is 0.0335. The number of rotatable bonds is 8. The number of alkyl carbamates (subject to hydrolysis) is 1. The molecular formula is C25H22ClN3O5. The van der Waals surface area contributed by atoms with Gasteiger partial charge in [0.25, 0.3) is 0 Å². The zero-order chi connectivity index (χ0) is 24.1. The molecule has 9 heteroatoms. The lowest BCUT2D eigenvalue weighted by Crippen LogP contribution is -2.48. The van der Waals surface area contributed by atoms with Crippen LogP contribution in [0, 0.1) is 0 Å². The fourth-order valence-electron chi connectivity index (χ4n) is 4.01. The average molecular weight is 480 g/mol. The van der Waals surface area contributed by atoms with Crippen LogP contribution in [0.25, 0.3) is 11.1 Å². The number of carbonyl (C=O) groups excluding carboxylic acids is 2. The van der Waals surface area contributed by atoms with Crippen LogP contribution in [-0.4, -0.2) is 40.7 Å². The van der Waals surface area contributed by atoms with Crippen LogP contribution < -0.4 is 10.6 Å². The average Bonchev–Trinajstić information content (AvgIpc) is 3.15. The van der Waals surface area contributed by atoms with E-state index in [1.165, 1.54) is 6.20 Å². The Morgan fingerprint density at radius 2 is 1.65 bits per heavy atom. The number of nitrogens with zero attached hydrogens (tertiary/aromatic N) is 1. The molecule has 0 saturated heterocycles. The highest BCUT2D eigenvalue weighted by molar-refractivity contribution is 6.31. The number of carbonyl (C=O) groups is 3. The van der Waals surface area contributed by atoms with Crippen LogP contribution in [0.1, 0.15) is 29.2 Å². The molecule has 1 heterocycles. The van der Waals surface area contributed by atoms with Crippen molar-refractivity contribution in [3.8, 4) is 11.1 Å². The Balaban J connectivity index is 1.39. The summed E-state index contributed by atoms with van der Waals surface area (Å²) in [4.78, 5) is 40.4. The molecule has 34 heavy (non-hydrogen) atoms. The minimum atomic E-state index is -1.32. The van der Waals surface area contributed by atoms with Gasteiger partial charge in [-0.2, -0.15) is 0 Å². The van der Waals surface area contributed by atoms with Gasteiger partial charge in [0.1, 0.15) is 12.6 Å². The number of benzene rings is 2. The predicted molar refractivity (Wildman–Crippen MR) is 125 cm³/mol. The van der Waals surface area contributed by atoms with Crippen molar-refractivity contribution in [1.82, 2.24) is 15.6 Å². The first kappa shape index (κ1) is 23.3. The van der Waals surface area contributed by atoms with Crippen LogP contribution in [0.3, 0.4) is 0 Å². The molecule has 8 nitrogen and oxygen atoms in total. The Bertz CT molecular complexity index is 1190. The fourth-order valence-corrected chi connectivity index (χ4v) is 4.20. The van der Waals surface area contributed by atoms with Crippen molar-refractivity contribution in [2.75, 3.05) is 6.61 Å². The number of carboxylic acid groups (broad SMARTS) is 1. The van der Waals surface area contributed by atoms with E-state index in [0.717, 1.165) is 22.3 Å². The molecule has 0 spiro atoms. The third kappa shape index (κ3) is 5.18. The second kappa shape index (κ2) is 10.4. The van der Waals surface area contributed by atoms with Gasteiger partial charge in [-0.05, 0) is 34.4 Å². The molecule has 0 bridgehead atoms. The van der Waals surface area contributed by atoms with Gasteiger partial charge in [-0.1, -0.05) is 60.1 Å². The molecule has 174 valence electrons. The zero-order valence-corrected chi connectivity index (χ0v) is 18.8. The number of pyridine rings is 1. The molecule has 0 saturated carbocycles. The molecule has 1 unspecified atom stereocenters. The second-order valence-corrected chi connectivity index (χ2v) is 8.18. The van der Waals surface area contributed by atoms with Crippen LogP contribution in [0.4, 0.5) is 4.79 Å². The van der Waals surface area contributed by atoms with E-state index in [-0.39, 0.29) is 19.1 Å². The molecule has 1 atom stereocenters. The molecular weight excluding hydrogens is 458 g/mol. The van der Waals surface area contributed by atoms with Gasteiger partial charge in [0.15, 0.2) is 0 Å². The summed E-state index contributed by atoms with van der Waals surface area (Å²) in [5.74, 6) is -2.08. The van der Waals surface area contributed by atoms with Crippen LogP contribution in [-0.2, 0) is 20.9 Å². The molecule has 0 fully saturated rings. The largest absolute Gasteiger partial charge is 0.481 e. The molecule has 0 aliphatic heterocycles. The number of ether oxygens (including phenoxy) is 1. The Hall–Kier alpha value is -3.91. The maximum Gasteiger partial charge on any atom is 0.407 e. The van der Waals surface area contributed by atoms with Crippen molar-refractivity contribution < 1.29 is 24.2 Å². The molecule has 0 radical (unpaired) electrons. The standard InChI is InChI=1S/C25H22ClN3O5/c26-20-10-5-11-27-22(20)13-28-24(32)21(12-23(30)31)29-25(33)34-14-19-17-8-3-1-6-15(17)16-7-2-4-9-18(16)19/h1-11,19,21H,12-14H2,(H,28,32)(H,29,33)(H,30,31). The third-order valence-electron chi connectivity index (χ3n) is 5.60. The molecule has 2 amide bonds. The molecule has 1 aliphatic carbocycles. The van der Waals surface area contributed by atoms with Crippen molar-refractivity contribution in [3.05, 3.63) is 88.7 Å². The lowest BCUT2D eigenvalue weighted by molar-refractivity contribution is -0.139. The smallest absolute Gasteiger partial charge is 0.407 e. The van der Waals surface area contributed by atoms with Crippen LogP contribution >= 0.6 is 11.6 Å². The number of amides is 2. The minimum absolute atomic E-state index is 0.0129. The van der Waals surface area contributed by atoms with Crippen molar-refractivity contribution in [1.29, 1.82) is 0 Å². The first-order valence-corrected chi connectivity index (χ1v) is 11.0. The Morgan fingerprint density at radius 1 is 1.00 bits per heavy atom. The third-order valence-corrected chi connectivity index (χ3v) is 5.94. The van der Waals surface area contributed by atoms with E-state index in [1.54, 1.807) is 12.1 Å². The van der Waals surface area contributed by atoms with Gasteiger partial charge >= 0.3 is 12.1 Å². The van der Waals surface area contributed by atoms with E-state index in [1.807, 2.05) is 48.5 Å². The summed E-state index contributed by atoms with van der Waals surface area (Å²) in [6, 6.07) is 17.8. The number of halogens is 1. The zero-order valence-electron chi connectivity index (χ0n) is 18.0. The second-order valence-electron chi connectivity index (χ2n) is 7.77. The van der Waals surface area contributed by atoms with Gasteiger partial charge in [0.05, 0.1) is 23.7 Å². The predicted octanol–water partition coefficient (Wildman–Crippen LogP) is 3.73. The first-order valence-electron chi connectivity index (χ1n) is 10.6. The van der Waals surface area contributed by atoms with Crippen LogP contribution in [0.15, 0.2) is 66.9 Å². The van der Waals surface area contributed by atoms with Gasteiger partial charge in [-0.15, -0.1) is 0 Å². The summed E-state index contributed by atoms with van der Waals surface area (Å²) in [6.07, 6.45) is 0.0439. The number of carboxylic acids is 1. The molecule has 3 aromatic rings. The lowest BCUT2D eigenvalue weighted by atomic mass is 9.98. The molecule has 1 aliphatic rings. The van der Waals surface area contributed by atoms with Gasteiger partial charge in [-0.3, -0.25) is 14.6 Å². The minimum Gasteiger partial charge on any atom is -0.481 e. The number of aromatic nitrogens is 1. The summed E-state index contributed by atoms with van der Waals surface area (Å²) >= 11 is 6.03. The highest BCUT2D eigenvalue weighted by atomic mass is 35.5. The Morgan fingerprint density at radius 3 is 2.26 bits per heavy atom. The summed E-state index contributed by atoms with van der Waals surface area (Å²) in [5, 5.41) is 14.5. The summed E-state index contributed by atoms with van der Waals surface area (Å²) < 4.78 is 5.43. The van der Waals surface area contributed by atoms with Crippen molar-refractivity contribution >= 4 is 29.6 Å². The van der Waals surface area contributed by atoms with Gasteiger partial charge < -0.3 is 20.5 Å². The van der Waals surface area contributed by atoms with E-state index < -0.39 is 30.4 Å². The Kier molecular flexibility index (Phi) is 7.08. The highest BCUT2D eigenvalue weighted by Gasteiger charge is 2.30. The van der Waals surface area contributed by atoms with Crippen LogP contribution in [0.2, 0.25) is 5.02 Å². The van der Waals surface area contributed by atoms with Crippen molar-refractivity contribution in [2.45, 2.75) is 24.9 Å². The topological polar surface area (TPSA) is 118 Å². The maximum atomic E-state index is 12.6. The van der Waals surface area contributed by atoms with E-state index in [4.69, 9.17) is 16.3 Å². The SMILES string of the molecule is O=C(O)CC(NC(=O)OCC1c2ccccc2-c2ccccc21)C(=O)NCc1ncccc1Cl. The maximum absolute atomic E-state index is 12.6. The molecule has 3 N–H and O–H groups in total. The number of fused-ring (bicyclic) bond motifs is 3. The van der Waals surface area contributed by atoms with Crippen molar-refractivity contribution in [3.63, 3.8) is 0 Å². The highest BCUT2D eigenvalue weighted by Crippen LogP contribution is 2.44. The summed E-state index contributed by atoms with van der Waals surface area (Å²) in [5.41, 5.74) is 4.69. The quantitative estimate of drug-likeness (QED) is 0.453. The van der Waals surface area contributed by atoms with Gasteiger partial charge in [0, 0.05) is 12.1 Å². The number of nitrogens with one attached hydrogen (secondary N) is 2. The first-order chi connectivity index (χ1) is 16.4. The Labute approximate surface area is 200 Å². The van der Waals surface area contributed by atoms with E-state index in [9.17, 15) is 19.5 Å². The lowest BCUT2D eigenvalue weighted by Gasteiger charge is -2.18. The van der Waals surface area contributed by atoms with E-state index in [2.05, 4.69) is 15.6 Å². The van der Waals surface area contributed by atoms with Crippen molar-refractivity contribution in [2.24, 2.45) is 0 Å². The monoisotopic (exact) mass is 479 g/mol. The van der Waals surface area contributed by atoms with E-state index in [0.29, 0.717) is 10.7 Å². The molecule has 1 aromatic heterocycles. The normalized spacial score (nSPS) is 12.9.